The Kier molecular flexibility index (Phi) is 3.85. The maximum absolute atomic E-state index is 10.9. The molecule has 0 atom stereocenters. The minimum absolute atomic E-state index is 0.0721. The molecule has 2 rings (SSSR count). The normalized spacial score (nSPS) is 10.7. The van der Waals surface area contributed by atoms with Crippen LogP contribution < -0.4 is 10.2 Å². The van der Waals surface area contributed by atoms with Gasteiger partial charge in [0, 0.05) is 24.2 Å². The van der Waals surface area contributed by atoms with E-state index in [9.17, 15) is 9.59 Å². The zero-order valence-electron chi connectivity index (χ0n) is 9.29. The molecule has 0 radical (unpaired) electrons. The van der Waals surface area contributed by atoms with E-state index in [1.54, 1.807) is 5.38 Å². The molecular formula is C9H11N5O3S. The first-order valence-corrected chi connectivity index (χ1v) is 6.04. The molecule has 0 bridgehead atoms. The quantitative estimate of drug-likeness (QED) is 0.610. The Morgan fingerprint density at radius 2 is 2.44 bits per heavy atom. The van der Waals surface area contributed by atoms with Gasteiger partial charge in [0.2, 0.25) is 0 Å². The molecule has 0 saturated carbocycles. The summed E-state index contributed by atoms with van der Waals surface area (Å²) in [5.41, 5.74) is 0.756. The number of carboxylic acid groups (broad SMARTS) is 1. The lowest BCUT2D eigenvalue weighted by atomic mass is 10.4. The standard InChI is InChI=1S/C9H11N5O3S/c15-8(16)7-4-14(13-12-7)2-1-10-3-6-5-18-9(17)11-6/h4-5,10H,1-3H2,(H,11,17)(H,15,16). The van der Waals surface area contributed by atoms with Crippen molar-refractivity contribution in [3.8, 4) is 0 Å². The fourth-order valence-corrected chi connectivity index (χ4v) is 1.90. The fraction of sp³-hybridized carbons (Fsp3) is 0.333. The van der Waals surface area contributed by atoms with Crippen molar-refractivity contribution in [2.24, 2.45) is 0 Å². The summed E-state index contributed by atoms with van der Waals surface area (Å²) in [6.45, 7) is 1.66. The summed E-state index contributed by atoms with van der Waals surface area (Å²) in [5, 5.41) is 20.7. The van der Waals surface area contributed by atoms with Gasteiger partial charge in [-0.3, -0.25) is 9.48 Å². The largest absolute Gasteiger partial charge is 0.476 e. The van der Waals surface area contributed by atoms with Crippen molar-refractivity contribution < 1.29 is 9.90 Å². The maximum Gasteiger partial charge on any atom is 0.358 e. The molecule has 18 heavy (non-hydrogen) atoms. The third-order valence-electron chi connectivity index (χ3n) is 2.16. The molecule has 2 heterocycles. The Morgan fingerprint density at radius 3 is 3.06 bits per heavy atom. The Labute approximate surface area is 105 Å². The van der Waals surface area contributed by atoms with Crippen LogP contribution in [0.4, 0.5) is 0 Å². The number of carboxylic acids is 1. The number of aromatic amines is 1. The molecule has 0 aromatic carbocycles. The highest BCUT2D eigenvalue weighted by atomic mass is 32.1. The van der Waals surface area contributed by atoms with Gasteiger partial charge in [0.25, 0.3) is 0 Å². The third kappa shape index (κ3) is 3.25. The molecule has 9 heteroatoms. The first-order valence-electron chi connectivity index (χ1n) is 5.16. The smallest absolute Gasteiger partial charge is 0.358 e. The van der Waals surface area contributed by atoms with Gasteiger partial charge < -0.3 is 15.4 Å². The molecule has 2 aromatic heterocycles. The van der Waals surface area contributed by atoms with Crippen LogP contribution in [0.1, 0.15) is 16.2 Å². The first kappa shape index (κ1) is 12.5. The number of carbonyl (C=O) groups is 1. The van der Waals surface area contributed by atoms with Gasteiger partial charge in [0.15, 0.2) is 5.69 Å². The molecule has 0 aliphatic rings. The summed E-state index contributed by atoms with van der Waals surface area (Å²) in [7, 11) is 0. The second-order valence-electron chi connectivity index (χ2n) is 3.52. The van der Waals surface area contributed by atoms with Gasteiger partial charge in [-0.1, -0.05) is 16.6 Å². The monoisotopic (exact) mass is 269 g/mol. The SMILES string of the molecule is O=C(O)c1cn(CCNCc2csc(=O)[nH]2)nn1. The van der Waals surface area contributed by atoms with Gasteiger partial charge in [-0.25, -0.2) is 4.79 Å². The van der Waals surface area contributed by atoms with Gasteiger partial charge in [0.1, 0.15) is 0 Å². The first-order chi connectivity index (χ1) is 8.65. The number of rotatable bonds is 6. The molecule has 0 unspecified atom stereocenters. The zero-order chi connectivity index (χ0) is 13.0. The number of hydrogen-bond donors (Lipinski definition) is 3. The predicted octanol–water partition coefficient (Wildman–Crippen LogP) is -0.484. The van der Waals surface area contributed by atoms with Crippen molar-refractivity contribution in [2.45, 2.75) is 13.1 Å². The van der Waals surface area contributed by atoms with E-state index in [-0.39, 0.29) is 10.6 Å². The lowest BCUT2D eigenvalue weighted by Crippen LogP contribution is -2.20. The van der Waals surface area contributed by atoms with E-state index >= 15 is 0 Å². The predicted molar refractivity (Wildman–Crippen MR) is 63.6 cm³/mol. The molecule has 0 fully saturated rings. The number of aromatic carboxylic acids is 1. The van der Waals surface area contributed by atoms with Crippen molar-refractivity contribution in [1.29, 1.82) is 0 Å². The zero-order valence-corrected chi connectivity index (χ0v) is 10.1. The molecule has 96 valence electrons. The lowest BCUT2D eigenvalue weighted by Gasteiger charge is -2.02. The van der Waals surface area contributed by atoms with Crippen molar-refractivity contribution >= 4 is 17.3 Å². The second-order valence-corrected chi connectivity index (χ2v) is 4.36. The highest BCUT2D eigenvalue weighted by Gasteiger charge is 2.07. The lowest BCUT2D eigenvalue weighted by molar-refractivity contribution is 0.0690. The number of thiazole rings is 1. The van der Waals surface area contributed by atoms with E-state index < -0.39 is 5.97 Å². The van der Waals surface area contributed by atoms with Gasteiger partial charge >= 0.3 is 10.8 Å². The van der Waals surface area contributed by atoms with Crippen molar-refractivity contribution in [3.63, 3.8) is 0 Å². The molecule has 0 spiro atoms. The minimum atomic E-state index is -1.09. The van der Waals surface area contributed by atoms with Crippen molar-refractivity contribution in [3.05, 3.63) is 32.6 Å². The van der Waals surface area contributed by atoms with Gasteiger partial charge in [-0.15, -0.1) is 5.10 Å². The van der Waals surface area contributed by atoms with Crippen molar-refractivity contribution in [2.75, 3.05) is 6.54 Å². The summed E-state index contributed by atoms with van der Waals surface area (Å²) in [6.07, 6.45) is 1.37. The number of H-pyrrole nitrogens is 1. The second kappa shape index (κ2) is 5.56. The fourth-order valence-electron chi connectivity index (χ4n) is 1.32. The Bertz CT molecular complexity index is 587. The molecule has 0 aliphatic heterocycles. The Hall–Kier alpha value is -2.00. The average molecular weight is 269 g/mol. The van der Waals surface area contributed by atoms with Crippen LogP contribution in [-0.2, 0) is 13.1 Å². The highest BCUT2D eigenvalue weighted by molar-refractivity contribution is 7.07. The number of nitrogens with zero attached hydrogens (tertiary/aromatic N) is 3. The summed E-state index contributed by atoms with van der Waals surface area (Å²) in [5.74, 6) is -1.09. The third-order valence-corrected chi connectivity index (χ3v) is 2.88. The Morgan fingerprint density at radius 1 is 1.61 bits per heavy atom. The van der Waals surface area contributed by atoms with Crippen LogP contribution >= 0.6 is 11.3 Å². The van der Waals surface area contributed by atoms with E-state index in [0.717, 1.165) is 17.0 Å². The number of aromatic nitrogens is 4. The molecule has 2 aromatic rings. The van der Waals surface area contributed by atoms with Crippen LogP contribution in [0.5, 0.6) is 0 Å². The van der Waals surface area contributed by atoms with Crippen LogP contribution in [0.3, 0.4) is 0 Å². The molecule has 0 saturated heterocycles. The number of hydrogen-bond acceptors (Lipinski definition) is 6. The van der Waals surface area contributed by atoms with E-state index in [2.05, 4.69) is 20.6 Å². The van der Waals surface area contributed by atoms with Crippen LogP contribution in [0.25, 0.3) is 0 Å². The number of nitrogens with one attached hydrogen (secondary N) is 2. The van der Waals surface area contributed by atoms with E-state index in [4.69, 9.17) is 5.11 Å². The minimum Gasteiger partial charge on any atom is -0.476 e. The summed E-state index contributed by atoms with van der Waals surface area (Å²) in [4.78, 5) is 24.0. The van der Waals surface area contributed by atoms with E-state index in [1.165, 1.54) is 10.9 Å². The van der Waals surface area contributed by atoms with Gasteiger partial charge in [0.05, 0.1) is 12.7 Å². The van der Waals surface area contributed by atoms with Crippen LogP contribution in [-0.4, -0.2) is 37.6 Å². The molecular weight excluding hydrogens is 258 g/mol. The van der Waals surface area contributed by atoms with Gasteiger partial charge in [-0.2, -0.15) is 0 Å². The molecule has 3 N–H and O–H groups in total. The summed E-state index contributed by atoms with van der Waals surface area (Å²) < 4.78 is 1.45. The molecule has 0 amide bonds. The van der Waals surface area contributed by atoms with Crippen LogP contribution in [0.2, 0.25) is 0 Å². The van der Waals surface area contributed by atoms with Crippen LogP contribution in [0.15, 0.2) is 16.4 Å². The topological polar surface area (TPSA) is 113 Å². The average Bonchev–Trinajstić information content (AvgIpc) is 2.93. The Balaban J connectivity index is 1.74. The van der Waals surface area contributed by atoms with E-state index in [1.807, 2.05) is 0 Å². The molecule has 8 nitrogen and oxygen atoms in total. The maximum atomic E-state index is 10.9. The van der Waals surface area contributed by atoms with Gasteiger partial charge in [-0.05, 0) is 0 Å². The summed E-state index contributed by atoms with van der Waals surface area (Å²) >= 11 is 1.12. The highest BCUT2D eigenvalue weighted by Crippen LogP contribution is 1.95. The summed E-state index contributed by atoms with van der Waals surface area (Å²) in [6, 6.07) is 0. The van der Waals surface area contributed by atoms with Crippen LogP contribution in [0, 0.1) is 0 Å². The van der Waals surface area contributed by atoms with Crippen molar-refractivity contribution in [1.82, 2.24) is 25.3 Å². The molecule has 0 aliphatic carbocycles. The van der Waals surface area contributed by atoms with E-state index in [0.29, 0.717) is 19.6 Å².